The number of carbonyl (C=O) groups excluding carboxylic acids is 3. The molecule has 0 aromatic heterocycles. The molecule has 2 aliphatic heterocycles. The van der Waals surface area contributed by atoms with Gasteiger partial charge in [-0.1, -0.05) is 31.5 Å². The van der Waals surface area contributed by atoms with Gasteiger partial charge in [-0.25, -0.2) is 4.79 Å². The summed E-state index contributed by atoms with van der Waals surface area (Å²) in [5, 5.41) is 3.83. The van der Waals surface area contributed by atoms with Crippen LogP contribution in [0.1, 0.15) is 39.5 Å². The van der Waals surface area contributed by atoms with Gasteiger partial charge in [0.15, 0.2) is 0 Å². The van der Waals surface area contributed by atoms with E-state index >= 15 is 0 Å². The van der Waals surface area contributed by atoms with Crippen LogP contribution in [0.5, 0.6) is 5.75 Å². The lowest BCUT2D eigenvalue weighted by Gasteiger charge is -2.40. The van der Waals surface area contributed by atoms with E-state index in [9.17, 15) is 14.4 Å². The maximum atomic E-state index is 13.8. The van der Waals surface area contributed by atoms with E-state index in [1.807, 2.05) is 13.8 Å². The highest BCUT2D eigenvalue weighted by molar-refractivity contribution is 6.30. The highest BCUT2D eigenvalue weighted by Crippen LogP contribution is 2.39. The summed E-state index contributed by atoms with van der Waals surface area (Å²) in [6.45, 7) is 5.73. The van der Waals surface area contributed by atoms with E-state index in [0.717, 1.165) is 12.8 Å². The lowest BCUT2D eigenvalue weighted by molar-refractivity contribution is -0.158. The van der Waals surface area contributed by atoms with Crippen molar-refractivity contribution in [1.82, 2.24) is 15.1 Å². The van der Waals surface area contributed by atoms with E-state index < -0.39 is 17.6 Å². The number of halogens is 1. The number of nitrogens with one attached hydrogen (secondary N) is 1. The fourth-order valence-electron chi connectivity index (χ4n) is 4.52. The third-order valence-corrected chi connectivity index (χ3v) is 6.70. The lowest BCUT2D eigenvalue weighted by Crippen LogP contribution is -2.64. The van der Waals surface area contributed by atoms with Gasteiger partial charge in [0.25, 0.3) is 0 Å². The summed E-state index contributed by atoms with van der Waals surface area (Å²) in [4.78, 5) is 42.9. The molecule has 2 saturated heterocycles. The number of carbonyl (C=O) groups is 3. The second kappa shape index (κ2) is 9.89. The Morgan fingerprint density at radius 2 is 2.03 bits per heavy atom. The van der Waals surface area contributed by atoms with Gasteiger partial charge in [-0.05, 0) is 49.8 Å². The maximum absolute atomic E-state index is 13.8. The zero-order chi connectivity index (χ0) is 23.6. The molecule has 9 heteroatoms. The standard InChI is InChI=1S/C24H32ClN3O5/c1-16(2)14-33-22(30)19-7-4-11-27(19)21(29)20(15-32-18-6-3-5-17(25)13-18)28-12-10-26-24(8-9-24)23(28)31/h3,5-6,13,16,19-20,26H,4,7-12,14-15H2,1-2H3/t19-,20-/m0/s1. The van der Waals surface area contributed by atoms with E-state index in [1.165, 1.54) is 0 Å². The predicted octanol–water partition coefficient (Wildman–Crippen LogP) is 2.24. The van der Waals surface area contributed by atoms with Gasteiger partial charge in [-0.2, -0.15) is 0 Å². The summed E-state index contributed by atoms with van der Waals surface area (Å²) in [5.74, 6) is 0.0197. The van der Waals surface area contributed by atoms with Crippen LogP contribution in [-0.2, 0) is 19.1 Å². The van der Waals surface area contributed by atoms with Crippen LogP contribution in [0.3, 0.4) is 0 Å². The highest BCUT2D eigenvalue weighted by atomic mass is 35.5. The molecule has 0 unspecified atom stereocenters. The van der Waals surface area contributed by atoms with Gasteiger partial charge in [0, 0.05) is 24.7 Å². The third-order valence-electron chi connectivity index (χ3n) is 6.47. The minimum Gasteiger partial charge on any atom is -0.491 e. The topological polar surface area (TPSA) is 88.2 Å². The summed E-state index contributed by atoms with van der Waals surface area (Å²) in [6, 6.07) is 5.49. The Labute approximate surface area is 199 Å². The lowest BCUT2D eigenvalue weighted by atomic mass is 10.1. The molecule has 1 spiro atoms. The number of hydrogen-bond acceptors (Lipinski definition) is 6. The largest absolute Gasteiger partial charge is 0.491 e. The normalized spacial score (nSPS) is 22.5. The van der Waals surface area contributed by atoms with E-state index in [0.29, 0.717) is 49.9 Å². The number of likely N-dealkylation sites (tertiary alicyclic amines) is 1. The maximum Gasteiger partial charge on any atom is 0.328 e. The van der Waals surface area contributed by atoms with Crippen molar-refractivity contribution >= 4 is 29.4 Å². The molecule has 4 rings (SSSR count). The number of amides is 2. The van der Waals surface area contributed by atoms with Gasteiger partial charge in [0.1, 0.15) is 24.4 Å². The fraction of sp³-hybridized carbons (Fsp3) is 0.625. The molecule has 2 atom stereocenters. The number of rotatable bonds is 8. The highest BCUT2D eigenvalue weighted by Gasteiger charge is 2.55. The van der Waals surface area contributed by atoms with Gasteiger partial charge in [-0.3, -0.25) is 9.59 Å². The van der Waals surface area contributed by atoms with E-state index in [1.54, 1.807) is 34.1 Å². The van der Waals surface area contributed by atoms with Crippen molar-refractivity contribution in [3.63, 3.8) is 0 Å². The Bertz CT molecular complexity index is 904. The van der Waals surface area contributed by atoms with Crippen molar-refractivity contribution in [3.8, 4) is 5.75 Å². The first-order valence-electron chi connectivity index (χ1n) is 11.7. The van der Waals surface area contributed by atoms with Crippen LogP contribution >= 0.6 is 11.6 Å². The van der Waals surface area contributed by atoms with Gasteiger partial charge in [-0.15, -0.1) is 0 Å². The van der Waals surface area contributed by atoms with Gasteiger partial charge < -0.3 is 24.6 Å². The number of ether oxygens (including phenoxy) is 2. The number of hydrogen-bond donors (Lipinski definition) is 1. The zero-order valence-electron chi connectivity index (χ0n) is 19.2. The van der Waals surface area contributed by atoms with Crippen LogP contribution in [-0.4, -0.2) is 78.1 Å². The van der Waals surface area contributed by atoms with Crippen molar-refractivity contribution in [1.29, 1.82) is 0 Å². The van der Waals surface area contributed by atoms with Gasteiger partial charge in [0.05, 0.1) is 12.1 Å². The molecule has 0 bridgehead atoms. The molecule has 8 nitrogen and oxygen atoms in total. The molecule has 180 valence electrons. The molecule has 2 heterocycles. The molecule has 3 aliphatic rings. The second-order valence-corrected chi connectivity index (χ2v) is 9.94. The monoisotopic (exact) mass is 477 g/mol. The van der Waals surface area contributed by atoms with Crippen molar-refractivity contribution in [2.24, 2.45) is 5.92 Å². The molecule has 1 aromatic rings. The second-order valence-electron chi connectivity index (χ2n) is 9.51. The van der Waals surface area contributed by atoms with E-state index in [2.05, 4.69) is 5.32 Å². The summed E-state index contributed by atoms with van der Waals surface area (Å²) in [6.07, 6.45) is 2.82. The van der Waals surface area contributed by atoms with Crippen LogP contribution in [0.4, 0.5) is 0 Å². The Kier molecular flexibility index (Phi) is 7.14. The molecular weight excluding hydrogens is 446 g/mol. The van der Waals surface area contributed by atoms with Crippen LogP contribution in [0.15, 0.2) is 24.3 Å². The summed E-state index contributed by atoms with van der Waals surface area (Å²) in [7, 11) is 0. The molecule has 0 radical (unpaired) electrons. The predicted molar refractivity (Wildman–Crippen MR) is 123 cm³/mol. The van der Waals surface area contributed by atoms with E-state index in [-0.39, 0.29) is 30.3 Å². The Balaban J connectivity index is 1.53. The molecule has 1 aliphatic carbocycles. The first-order chi connectivity index (χ1) is 15.8. The number of piperazine rings is 1. The summed E-state index contributed by atoms with van der Waals surface area (Å²) < 4.78 is 11.4. The molecule has 1 saturated carbocycles. The van der Waals surface area contributed by atoms with Crippen molar-refractivity contribution < 1.29 is 23.9 Å². The number of esters is 1. The smallest absolute Gasteiger partial charge is 0.328 e. The molecule has 3 fully saturated rings. The quantitative estimate of drug-likeness (QED) is 0.578. The van der Waals surface area contributed by atoms with E-state index in [4.69, 9.17) is 21.1 Å². The molecule has 2 amide bonds. The van der Waals surface area contributed by atoms with Crippen LogP contribution < -0.4 is 10.1 Å². The Morgan fingerprint density at radius 3 is 2.73 bits per heavy atom. The number of nitrogens with zero attached hydrogens (tertiary/aromatic N) is 2. The van der Waals surface area contributed by atoms with Crippen molar-refractivity contribution in [2.45, 2.75) is 57.2 Å². The van der Waals surface area contributed by atoms with Crippen molar-refractivity contribution in [3.05, 3.63) is 29.3 Å². The van der Waals surface area contributed by atoms with Gasteiger partial charge >= 0.3 is 5.97 Å². The minimum atomic E-state index is -0.824. The molecule has 1 N–H and O–H groups in total. The Hall–Kier alpha value is -2.32. The summed E-state index contributed by atoms with van der Waals surface area (Å²) in [5.41, 5.74) is -0.548. The third kappa shape index (κ3) is 5.27. The zero-order valence-corrected chi connectivity index (χ0v) is 20.0. The van der Waals surface area contributed by atoms with Crippen LogP contribution in [0, 0.1) is 5.92 Å². The first kappa shape index (κ1) is 23.8. The molecular formula is C24H32ClN3O5. The first-order valence-corrected chi connectivity index (χ1v) is 12.1. The van der Waals surface area contributed by atoms with Gasteiger partial charge in [0.2, 0.25) is 11.8 Å². The number of benzene rings is 1. The van der Waals surface area contributed by atoms with Crippen molar-refractivity contribution in [2.75, 3.05) is 32.8 Å². The molecule has 1 aromatic carbocycles. The molecule has 33 heavy (non-hydrogen) atoms. The fourth-order valence-corrected chi connectivity index (χ4v) is 4.70. The average molecular weight is 478 g/mol. The van der Waals surface area contributed by atoms with Crippen LogP contribution in [0.25, 0.3) is 0 Å². The Morgan fingerprint density at radius 1 is 1.24 bits per heavy atom. The summed E-state index contributed by atoms with van der Waals surface area (Å²) >= 11 is 6.07. The SMILES string of the molecule is CC(C)COC(=O)[C@@H]1CCCN1C(=O)[C@H](COc1cccc(Cl)c1)N1CCNC2(CC2)C1=O. The van der Waals surface area contributed by atoms with Crippen LogP contribution in [0.2, 0.25) is 5.02 Å². The average Bonchev–Trinajstić information content (AvgIpc) is 3.38. The minimum absolute atomic E-state index is 0.00867.